The summed E-state index contributed by atoms with van der Waals surface area (Å²) in [6.45, 7) is 1.44. The van der Waals surface area contributed by atoms with Crippen molar-refractivity contribution in [2.24, 2.45) is 0 Å². The fraction of sp³-hybridized carbons (Fsp3) is 0.235. The van der Waals surface area contributed by atoms with Crippen molar-refractivity contribution < 1.29 is 15.0 Å². The van der Waals surface area contributed by atoms with E-state index in [1.165, 1.54) is 6.92 Å². The van der Waals surface area contributed by atoms with Crippen LogP contribution in [0.4, 0.5) is 0 Å². The molecule has 0 aliphatic carbocycles. The van der Waals surface area contributed by atoms with Gasteiger partial charge in [-0.1, -0.05) is 53.9 Å². The number of rotatable bonds is 6. The quantitative estimate of drug-likeness (QED) is 0.846. The van der Waals surface area contributed by atoms with Gasteiger partial charge in [0.05, 0.1) is 6.10 Å². The maximum absolute atomic E-state index is 10.9. The van der Waals surface area contributed by atoms with Gasteiger partial charge in [-0.3, -0.25) is 4.79 Å². The van der Waals surface area contributed by atoms with E-state index in [1.54, 1.807) is 23.9 Å². The van der Waals surface area contributed by atoms with Crippen molar-refractivity contribution in [1.82, 2.24) is 0 Å². The summed E-state index contributed by atoms with van der Waals surface area (Å²) < 4.78 is 0. The molecule has 0 aliphatic heterocycles. The van der Waals surface area contributed by atoms with Gasteiger partial charge in [0.15, 0.2) is 5.12 Å². The zero-order valence-electron chi connectivity index (χ0n) is 12.2. The highest BCUT2D eigenvalue weighted by molar-refractivity contribution is 8.13. The first-order valence-corrected chi connectivity index (χ1v) is 8.69. The lowest BCUT2D eigenvalue weighted by Crippen LogP contribution is -2.21. The lowest BCUT2D eigenvalue weighted by atomic mass is 10.1. The number of aliphatic hydroxyl groups is 2. The molecule has 0 spiro atoms. The molecule has 22 heavy (non-hydrogen) atoms. The number of thioether (sulfide) groups is 1. The maximum Gasteiger partial charge on any atom is 0.185 e. The average molecular weight is 334 g/mol. The van der Waals surface area contributed by atoms with Gasteiger partial charge in [-0.15, -0.1) is 0 Å². The fourth-order valence-corrected chi connectivity index (χ4v) is 3.30. The third-order valence-electron chi connectivity index (χ3n) is 3.02. The molecule has 0 bridgehead atoms. The van der Waals surface area contributed by atoms with Crippen molar-refractivity contribution in [3.05, 3.63) is 60.2 Å². The molecule has 0 saturated heterocycles. The van der Waals surface area contributed by atoms with Gasteiger partial charge in [-0.2, -0.15) is 0 Å². The highest BCUT2D eigenvalue weighted by Crippen LogP contribution is 2.29. The van der Waals surface area contributed by atoms with Crippen LogP contribution in [0.2, 0.25) is 0 Å². The van der Waals surface area contributed by atoms with Crippen LogP contribution in [0.3, 0.4) is 0 Å². The third-order valence-corrected chi connectivity index (χ3v) is 4.95. The van der Waals surface area contributed by atoms with Gasteiger partial charge in [0, 0.05) is 22.5 Å². The Morgan fingerprint density at radius 3 is 2.18 bits per heavy atom. The molecular weight excluding hydrogens is 316 g/mol. The topological polar surface area (TPSA) is 57.5 Å². The summed E-state index contributed by atoms with van der Waals surface area (Å²) in [7, 11) is 0. The standard InChI is InChI=1S/C17H18O3S2/c1-12(18)21-11-16(19)17(20)13-7-9-15(10-8-13)22-14-5-3-2-4-6-14/h2-10,16-17,19-20H,11H2,1H3. The first kappa shape index (κ1) is 17.1. The van der Waals surface area contributed by atoms with Gasteiger partial charge in [-0.25, -0.2) is 0 Å². The summed E-state index contributed by atoms with van der Waals surface area (Å²) in [5.41, 5.74) is 0.647. The van der Waals surface area contributed by atoms with Crippen LogP contribution in [0.25, 0.3) is 0 Å². The summed E-state index contributed by atoms with van der Waals surface area (Å²) in [5, 5.41) is 19.9. The minimum atomic E-state index is -0.984. The Labute approximate surface area is 138 Å². The van der Waals surface area contributed by atoms with Crippen LogP contribution < -0.4 is 0 Å². The Balaban J connectivity index is 1.97. The zero-order valence-corrected chi connectivity index (χ0v) is 13.8. The summed E-state index contributed by atoms with van der Waals surface area (Å²) in [4.78, 5) is 13.1. The predicted octanol–water partition coefficient (Wildman–Crippen LogP) is 3.51. The van der Waals surface area contributed by atoms with Crippen molar-refractivity contribution in [3.8, 4) is 0 Å². The molecule has 0 amide bonds. The number of benzene rings is 2. The molecular formula is C17H18O3S2. The van der Waals surface area contributed by atoms with Gasteiger partial charge < -0.3 is 10.2 Å². The van der Waals surface area contributed by atoms with Crippen molar-refractivity contribution in [1.29, 1.82) is 0 Å². The second-order valence-corrected chi connectivity index (χ2v) is 7.14. The van der Waals surface area contributed by atoms with Crippen LogP contribution in [0.1, 0.15) is 18.6 Å². The molecule has 2 atom stereocenters. The molecule has 0 saturated carbocycles. The van der Waals surface area contributed by atoms with Crippen LogP contribution in [0.5, 0.6) is 0 Å². The molecule has 2 rings (SSSR count). The Kier molecular flexibility index (Phi) is 6.51. The van der Waals surface area contributed by atoms with E-state index in [4.69, 9.17) is 0 Å². The molecule has 2 N–H and O–H groups in total. The predicted molar refractivity (Wildman–Crippen MR) is 91.1 cm³/mol. The minimum Gasteiger partial charge on any atom is -0.389 e. The van der Waals surface area contributed by atoms with E-state index in [0.29, 0.717) is 5.56 Å². The Morgan fingerprint density at radius 2 is 1.59 bits per heavy atom. The van der Waals surface area contributed by atoms with Crippen molar-refractivity contribution >= 4 is 28.6 Å². The van der Waals surface area contributed by atoms with Gasteiger partial charge in [0.25, 0.3) is 0 Å². The lowest BCUT2D eigenvalue weighted by molar-refractivity contribution is -0.109. The van der Waals surface area contributed by atoms with Crippen LogP contribution in [-0.4, -0.2) is 27.2 Å². The van der Waals surface area contributed by atoms with Crippen LogP contribution >= 0.6 is 23.5 Å². The first-order chi connectivity index (χ1) is 10.6. The first-order valence-electron chi connectivity index (χ1n) is 6.88. The van der Waals surface area contributed by atoms with Crippen molar-refractivity contribution in [2.45, 2.75) is 28.9 Å². The van der Waals surface area contributed by atoms with Crippen LogP contribution in [0.15, 0.2) is 64.4 Å². The van der Waals surface area contributed by atoms with Gasteiger partial charge >= 0.3 is 0 Å². The zero-order chi connectivity index (χ0) is 15.9. The monoisotopic (exact) mass is 334 g/mol. The normalized spacial score (nSPS) is 13.6. The van der Waals surface area contributed by atoms with E-state index < -0.39 is 12.2 Å². The SMILES string of the molecule is CC(=O)SCC(O)C(O)c1ccc(Sc2ccccc2)cc1. The molecule has 5 heteroatoms. The molecule has 2 aromatic rings. The molecule has 0 radical (unpaired) electrons. The summed E-state index contributed by atoms with van der Waals surface area (Å²) >= 11 is 2.65. The van der Waals surface area contributed by atoms with Gasteiger partial charge in [-0.05, 0) is 29.8 Å². The molecule has 116 valence electrons. The van der Waals surface area contributed by atoms with E-state index in [2.05, 4.69) is 0 Å². The molecule has 0 heterocycles. The number of carbonyl (C=O) groups is 1. The summed E-state index contributed by atoms with van der Waals surface area (Å²) in [6.07, 6.45) is -1.94. The second-order valence-electron chi connectivity index (χ2n) is 4.80. The van der Waals surface area contributed by atoms with Gasteiger partial charge in [0.2, 0.25) is 0 Å². The Morgan fingerprint density at radius 1 is 1.00 bits per heavy atom. The van der Waals surface area contributed by atoms with E-state index >= 15 is 0 Å². The lowest BCUT2D eigenvalue weighted by Gasteiger charge is -2.17. The molecule has 0 aliphatic rings. The molecule has 0 fully saturated rings. The number of aliphatic hydroxyl groups excluding tert-OH is 2. The van der Waals surface area contributed by atoms with E-state index in [0.717, 1.165) is 21.6 Å². The largest absolute Gasteiger partial charge is 0.389 e. The molecule has 0 aromatic heterocycles. The maximum atomic E-state index is 10.9. The van der Waals surface area contributed by atoms with Gasteiger partial charge in [0.1, 0.15) is 6.10 Å². The summed E-state index contributed by atoms with van der Waals surface area (Å²) in [5.74, 6) is 0.191. The number of hydrogen-bond donors (Lipinski definition) is 2. The van der Waals surface area contributed by atoms with E-state index in [9.17, 15) is 15.0 Å². The van der Waals surface area contributed by atoms with Crippen molar-refractivity contribution in [3.63, 3.8) is 0 Å². The third kappa shape index (κ3) is 5.18. The van der Waals surface area contributed by atoms with E-state index in [1.807, 2.05) is 42.5 Å². The van der Waals surface area contributed by atoms with Crippen molar-refractivity contribution in [2.75, 3.05) is 5.75 Å². The highest BCUT2D eigenvalue weighted by atomic mass is 32.2. The van der Waals surface area contributed by atoms with Crippen LogP contribution in [-0.2, 0) is 4.79 Å². The molecule has 2 unspecified atom stereocenters. The van der Waals surface area contributed by atoms with Crippen LogP contribution in [0, 0.1) is 0 Å². The number of hydrogen-bond acceptors (Lipinski definition) is 5. The molecule has 2 aromatic carbocycles. The fourth-order valence-electron chi connectivity index (χ4n) is 1.87. The summed E-state index contributed by atoms with van der Waals surface area (Å²) in [6, 6.07) is 17.5. The Bertz CT molecular complexity index is 599. The highest BCUT2D eigenvalue weighted by Gasteiger charge is 2.19. The smallest absolute Gasteiger partial charge is 0.185 e. The van der Waals surface area contributed by atoms with E-state index in [-0.39, 0.29) is 10.9 Å². The number of carbonyl (C=O) groups excluding carboxylic acids is 1. The molecule has 3 nitrogen and oxygen atoms in total. The average Bonchev–Trinajstić information content (AvgIpc) is 2.53. The second kappa shape index (κ2) is 8.39. The minimum absolute atomic E-state index is 0.0686. The Hall–Kier alpha value is -1.27.